The molecule has 2 heterocycles. The Hall–Kier alpha value is -1.67. The van der Waals surface area contributed by atoms with Crippen molar-refractivity contribution in [2.45, 2.75) is 25.4 Å². The van der Waals surface area contributed by atoms with Crippen molar-refractivity contribution in [3.63, 3.8) is 0 Å². The summed E-state index contributed by atoms with van der Waals surface area (Å²) in [4.78, 5) is 4.32. The standard InChI is InChI=1S/C18H24F2N4OS/c1-24-10-14(9-23-24)17(6-12-8-22-18(21)26-11-12)25-5-4-13-2-3-15(19)7-16(13)20/h3,7,9-10,12-13,17H,2,4-6,8,11H2,1H3,(H2,21,22)/t12-,13?,17-/m1/s1. The normalized spacial score (nSPS) is 24.7. The van der Waals surface area contributed by atoms with Gasteiger partial charge in [-0.25, -0.2) is 8.78 Å². The predicted octanol–water partition coefficient (Wildman–Crippen LogP) is 3.66. The molecule has 1 aromatic rings. The molecule has 0 saturated heterocycles. The summed E-state index contributed by atoms with van der Waals surface area (Å²) in [7, 11) is 1.87. The third kappa shape index (κ3) is 5.17. The Morgan fingerprint density at radius 2 is 2.31 bits per heavy atom. The number of allylic oxidation sites excluding steroid dienone is 4. The molecule has 5 nitrogen and oxygen atoms in total. The molecule has 0 saturated carbocycles. The average Bonchev–Trinajstić information content (AvgIpc) is 3.04. The minimum atomic E-state index is -0.498. The van der Waals surface area contributed by atoms with E-state index in [9.17, 15) is 8.78 Å². The van der Waals surface area contributed by atoms with Gasteiger partial charge in [-0.3, -0.25) is 9.67 Å². The van der Waals surface area contributed by atoms with Gasteiger partial charge in [-0.15, -0.1) is 0 Å². The van der Waals surface area contributed by atoms with E-state index < -0.39 is 11.7 Å². The number of hydrogen-bond donors (Lipinski definition) is 1. The third-order valence-electron chi connectivity index (χ3n) is 4.66. The Balaban J connectivity index is 1.57. The fraction of sp³-hybridized carbons (Fsp3) is 0.556. The highest BCUT2D eigenvalue weighted by atomic mass is 32.2. The average molecular weight is 382 g/mol. The molecule has 1 aromatic heterocycles. The van der Waals surface area contributed by atoms with Crippen molar-refractivity contribution in [2.75, 3.05) is 18.9 Å². The molecule has 2 aliphatic rings. The number of thioether (sulfide) groups is 1. The fourth-order valence-corrected chi connectivity index (χ4v) is 3.97. The van der Waals surface area contributed by atoms with Crippen molar-refractivity contribution in [3.05, 3.63) is 41.8 Å². The molecule has 1 unspecified atom stereocenters. The van der Waals surface area contributed by atoms with Gasteiger partial charge in [0.1, 0.15) is 11.7 Å². The molecule has 2 N–H and O–H groups in total. The largest absolute Gasteiger partial charge is 0.379 e. The molecule has 8 heteroatoms. The minimum absolute atomic E-state index is 0.119. The molecular weight excluding hydrogens is 358 g/mol. The topological polar surface area (TPSA) is 65.4 Å². The second-order valence-electron chi connectivity index (χ2n) is 6.74. The Bertz CT molecular complexity index is 716. The van der Waals surface area contributed by atoms with Crippen molar-refractivity contribution in [3.8, 4) is 0 Å². The molecular formula is C18H24F2N4OS. The van der Waals surface area contributed by atoms with Crippen LogP contribution in [0.2, 0.25) is 0 Å². The van der Waals surface area contributed by atoms with Gasteiger partial charge in [0, 0.05) is 49.7 Å². The van der Waals surface area contributed by atoms with E-state index >= 15 is 0 Å². The van der Waals surface area contributed by atoms with Crippen molar-refractivity contribution in [1.29, 1.82) is 0 Å². The van der Waals surface area contributed by atoms with Gasteiger partial charge in [-0.2, -0.15) is 5.10 Å². The number of hydrogen-bond acceptors (Lipinski definition) is 5. The number of nitrogens with zero attached hydrogens (tertiary/aromatic N) is 3. The Morgan fingerprint density at radius 3 is 2.96 bits per heavy atom. The zero-order valence-electron chi connectivity index (χ0n) is 14.8. The molecule has 0 bridgehead atoms. The highest BCUT2D eigenvalue weighted by molar-refractivity contribution is 8.13. The van der Waals surface area contributed by atoms with Crippen LogP contribution in [0.25, 0.3) is 0 Å². The summed E-state index contributed by atoms with van der Waals surface area (Å²) in [5, 5.41) is 4.87. The van der Waals surface area contributed by atoms with Crippen molar-refractivity contribution in [2.24, 2.45) is 29.6 Å². The lowest BCUT2D eigenvalue weighted by Gasteiger charge is -2.25. The summed E-state index contributed by atoms with van der Waals surface area (Å²) in [6.07, 6.45) is 7.73. The van der Waals surface area contributed by atoms with Crippen LogP contribution in [0.1, 0.15) is 30.9 Å². The quantitative estimate of drug-likeness (QED) is 0.782. The molecule has 1 aliphatic carbocycles. The molecule has 142 valence electrons. The van der Waals surface area contributed by atoms with E-state index in [1.165, 1.54) is 6.08 Å². The first-order chi connectivity index (χ1) is 12.5. The molecule has 0 fully saturated rings. The van der Waals surface area contributed by atoms with Crippen molar-refractivity contribution in [1.82, 2.24) is 9.78 Å². The van der Waals surface area contributed by atoms with E-state index in [0.717, 1.165) is 23.8 Å². The molecule has 0 amide bonds. The van der Waals surface area contributed by atoms with Crippen LogP contribution < -0.4 is 5.73 Å². The van der Waals surface area contributed by atoms with Gasteiger partial charge in [0.2, 0.25) is 0 Å². The molecule has 0 aromatic carbocycles. The number of rotatable bonds is 7. The smallest absolute Gasteiger partial charge is 0.153 e. The number of aromatic nitrogens is 2. The monoisotopic (exact) mass is 382 g/mol. The maximum Gasteiger partial charge on any atom is 0.153 e. The van der Waals surface area contributed by atoms with E-state index in [1.807, 2.05) is 13.2 Å². The van der Waals surface area contributed by atoms with Gasteiger partial charge in [0.15, 0.2) is 5.17 Å². The van der Waals surface area contributed by atoms with Gasteiger partial charge >= 0.3 is 0 Å². The molecule has 0 radical (unpaired) electrons. The van der Waals surface area contributed by atoms with E-state index in [0.29, 0.717) is 37.1 Å². The Morgan fingerprint density at radius 1 is 1.46 bits per heavy atom. The van der Waals surface area contributed by atoms with Gasteiger partial charge in [0.25, 0.3) is 0 Å². The van der Waals surface area contributed by atoms with Gasteiger partial charge in [0.05, 0.1) is 12.3 Å². The zero-order chi connectivity index (χ0) is 18.5. The molecule has 1 aliphatic heterocycles. The van der Waals surface area contributed by atoms with Gasteiger partial charge in [-0.05, 0) is 31.3 Å². The first-order valence-electron chi connectivity index (χ1n) is 8.77. The maximum atomic E-state index is 13.8. The first kappa shape index (κ1) is 19.1. The summed E-state index contributed by atoms with van der Waals surface area (Å²) in [5.41, 5.74) is 6.73. The number of halogens is 2. The molecule has 0 spiro atoms. The number of aryl methyl sites for hydroxylation is 1. The summed E-state index contributed by atoms with van der Waals surface area (Å²) in [6.45, 7) is 1.11. The van der Waals surface area contributed by atoms with Crippen molar-refractivity contribution >= 4 is 16.9 Å². The predicted molar refractivity (Wildman–Crippen MR) is 100 cm³/mol. The second kappa shape index (κ2) is 8.81. The fourth-order valence-electron chi connectivity index (χ4n) is 3.16. The second-order valence-corrected chi connectivity index (χ2v) is 7.78. The van der Waals surface area contributed by atoms with Crippen LogP contribution in [-0.4, -0.2) is 33.9 Å². The van der Waals surface area contributed by atoms with Crippen LogP contribution in [0.4, 0.5) is 8.78 Å². The molecule has 3 atom stereocenters. The van der Waals surface area contributed by atoms with Gasteiger partial charge < -0.3 is 10.5 Å². The number of aliphatic imine (C=N–C) groups is 1. The van der Waals surface area contributed by atoms with Crippen LogP contribution in [0.5, 0.6) is 0 Å². The lowest BCUT2D eigenvalue weighted by molar-refractivity contribution is 0.0304. The van der Waals surface area contributed by atoms with E-state index in [4.69, 9.17) is 10.5 Å². The van der Waals surface area contributed by atoms with Crippen LogP contribution in [-0.2, 0) is 11.8 Å². The highest BCUT2D eigenvalue weighted by Gasteiger charge is 2.24. The maximum absolute atomic E-state index is 13.8. The number of ether oxygens (including phenoxy) is 1. The van der Waals surface area contributed by atoms with Crippen molar-refractivity contribution < 1.29 is 13.5 Å². The zero-order valence-corrected chi connectivity index (χ0v) is 15.6. The summed E-state index contributed by atoms with van der Waals surface area (Å²) in [5.74, 6) is 0.0848. The van der Waals surface area contributed by atoms with E-state index in [-0.39, 0.29) is 12.0 Å². The lowest BCUT2D eigenvalue weighted by Crippen LogP contribution is -2.23. The number of amidine groups is 1. The lowest BCUT2D eigenvalue weighted by atomic mass is 9.95. The third-order valence-corrected chi connectivity index (χ3v) is 5.73. The SMILES string of the molecule is Cn1cc([C@@H](C[C@@H]2CN=C(N)SC2)OCCC2CC=C(F)C=C2F)cn1. The summed E-state index contributed by atoms with van der Waals surface area (Å²) >= 11 is 1.57. The van der Waals surface area contributed by atoms with E-state index in [1.54, 1.807) is 22.6 Å². The van der Waals surface area contributed by atoms with Crippen LogP contribution in [0.3, 0.4) is 0 Å². The van der Waals surface area contributed by atoms with Crippen LogP contribution in [0.15, 0.2) is 41.2 Å². The van der Waals surface area contributed by atoms with E-state index in [2.05, 4.69) is 10.1 Å². The Kier molecular flexibility index (Phi) is 6.48. The highest BCUT2D eigenvalue weighted by Crippen LogP contribution is 2.32. The first-order valence-corrected chi connectivity index (χ1v) is 9.75. The summed E-state index contributed by atoms with van der Waals surface area (Å²) < 4.78 is 34.7. The van der Waals surface area contributed by atoms with Gasteiger partial charge in [-0.1, -0.05) is 11.8 Å². The van der Waals surface area contributed by atoms with Crippen LogP contribution >= 0.6 is 11.8 Å². The van der Waals surface area contributed by atoms with Crippen LogP contribution in [0, 0.1) is 11.8 Å². The number of nitrogens with two attached hydrogens (primary N) is 1. The summed E-state index contributed by atoms with van der Waals surface area (Å²) in [6, 6.07) is 0. The minimum Gasteiger partial charge on any atom is -0.379 e. The molecule has 26 heavy (non-hydrogen) atoms. The molecule has 3 rings (SSSR count). The Labute approximate surface area is 156 Å².